The van der Waals surface area contributed by atoms with Crippen LogP contribution in [0.15, 0.2) is 23.6 Å². The minimum absolute atomic E-state index is 0.189. The summed E-state index contributed by atoms with van der Waals surface area (Å²) < 4.78 is 0. The second-order valence-electron chi connectivity index (χ2n) is 4.90. The van der Waals surface area contributed by atoms with Crippen LogP contribution in [-0.2, 0) is 9.59 Å². The van der Waals surface area contributed by atoms with Gasteiger partial charge in [-0.25, -0.2) is 4.98 Å². The molecule has 0 radical (unpaired) electrons. The fourth-order valence-corrected chi connectivity index (χ4v) is 2.57. The molecule has 0 unspecified atom stereocenters. The molecule has 2 rings (SSSR count). The van der Waals surface area contributed by atoms with Gasteiger partial charge in [-0.15, -0.1) is 11.3 Å². The molecule has 120 valence electrons. The number of anilines is 3. The molecule has 1 heterocycles. The average Bonchev–Trinajstić information content (AvgIpc) is 2.89. The molecule has 7 nitrogen and oxygen atoms in total. The average molecular weight is 332 g/mol. The van der Waals surface area contributed by atoms with E-state index in [2.05, 4.69) is 20.9 Å². The van der Waals surface area contributed by atoms with Crippen LogP contribution in [0.2, 0.25) is 0 Å². The van der Waals surface area contributed by atoms with Crippen molar-refractivity contribution in [3.8, 4) is 0 Å². The van der Waals surface area contributed by atoms with E-state index in [1.54, 1.807) is 17.5 Å². The topological polar surface area (TPSA) is 100 Å². The van der Waals surface area contributed by atoms with Crippen molar-refractivity contribution >= 4 is 45.6 Å². The van der Waals surface area contributed by atoms with Crippen LogP contribution in [0.5, 0.6) is 0 Å². The Kier molecular flexibility index (Phi) is 5.07. The minimum Gasteiger partial charge on any atom is -0.325 e. The maximum atomic E-state index is 12.3. The molecule has 0 aliphatic heterocycles. The van der Waals surface area contributed by atoms with Crippen LogP contribution >= 0.6 is 11.3 Å². The molecule has 1 aromatic carbocycles. The molecule has 0 aliphatic carbocycles. The van der Waals surface area contributed by atoms with Crippen molar-refractivity contribution in [3.05, 3.63) is 34.8 Å². The van der Waals surface area contributed by atoms with Gasteiger partial charge in [-0.3, -0.25) is 14.4 Å². The number of amides is 3. The molecule has 0 saturated heterocycles. The Morgan fingerprint density at radius 1 is 1.00 bits per heavy atom. The van der Waals surface area contributed by atoms with E-state index in [1.165, 1.54) is 13.8 Å². The van der Waals surface area contributed by atoms with Gasteiger partial charge in [-0.05, 0) is 24.6 Å². The molecule has 2 aromatic rings. The first-order valence-corrected chi connectivity index (χ1v) is 7.66. The standard InChI is InChI=1S/C15H16N4O3S/c1-8-4-5-11(16-9(2)20)12(6-8)18-14(22)13-7-23-15(19-13)17-10(3)21/h4-7H,1-3H3,(H,16,20)(H,18,22)(H,17,19,21). The number of nitrogens with zero attached hydrogens (tertiary/aromatic N) is 1. The Morgan fingerprint density at radius 2 is 1.70 bits per heavy atom. The van der Waals surface area contributed by atoms with Crippen LogP contribution < -0.4 is 16.0 Å². The van der Waals surface area contributed by atoms with Gasteiger partial charge < -0.3 is 16.0 Å². The number of carbonyl (C=O) groups is 3. The van der Waals surface area contributed by atoms with Crippen LogP contribution in [0.3, 0.4) is 0 Å². The summed E-state index contributed by atoms with van der Waals surface area (Å²) in [4.78, 5) is 38.5. The monoisotopic (exact) mass is 332 g/mol. The summed E-state index contributed by atoms with van der Waals surface area (Å²) in [5.74, 6) is -0.904. The molecular weight excluding hydrogens is 316 g/mol. The van der Waals surface area contributed by atoms with E-state index in [4.69, 9.17) is 0 Å². The van der Waals surface area contributed by atoms with Gasteiger partial charge in [-0.2, -0.15) is 0 Å². The van der Waals surface area contributed by atoms with Gasteiger partial charge in [0.25, 0.3) is 5.91 Å². The Labute approximate surface area is 137 Å². The highest BCUT2D eigenvalue weighted by Gasteiger charge is 2.14. The summed E-state index contributed by atoms with van der Waals surface area (Å²) in [6.45, 7) is 4.64. The number of benzene rings is 1. The Bertz CT molecular complexity index is 770. The highest BCUT2D eigenvalue weighted by Crippen LogP contribution is 2.24. The molecule has 0 atom stereocenters. The van der Waals surface area contributed by atoms with Crippen LogP contribution in [0.1, 0.15) is 29.9 Å². The largest absolute Gasteiger partial charge is 0.325 e. The minimum atomic E-state index is -0.421. The van der Waals surface area contributed by atoms with Crippen molar-refractivity contribution in [1.29, 1.82) is 0 Å². The predicted octanol–water partition coefficient (Wildman–Crippen LogP) is 2.62. The summed E-state index contributed by atoms with van der Waals surface area (Å²) in [5.41, 5.74) is 2.12. The van der Waals surface area contributed by atoms with Gasteiger partial charge in [0.1, 0.15) is 5.69 Å². The summed E-state index contributed by atoms with van der Waals surface area (Å²) in [5, 5.41) is 9.81. The van der Waals surface area contributed by atoms with Gasteiger partial charge >= 0.3 is 0 Å². The van der Waals surface area contributed by atoms with E-state index in [0.29, 0.717) is 16.5 Å². The molecule has 0 spiro atoms. The SMILES string of the molecule is CC(=O)Nc1nc(C(=O)Nc2cc(C)ccc2NC(C)=O)cs1. The van der Waals surface area contributed by atoms with Gasteiger partial charge in [-0.1, -0.05) is 6.07 Å². The third-order valence-electron chi connectivity index (χ3n) is 2.75. The number of nitrogens with one attached hydrogen (secondary N) is 3. The summed E-state index contributed by atoms with van der Waals surface area (Å²) in [6, 6.07) is 5.30. The lowest BCUT2D eigenvalue weighted by Crippen LogP contribution is -2.16. The maximum absolute atomic E-state index is 12.3. The molecule has 3 amide bonds. The van der Waals surface area contributed by atoms with Gasteiger partial charge in [0.2, 0.25) is 11.8 Å². The fourth-order valence-electron chi connectivity index (χ4n) is 1.83. The number of carbonyl (C=O) groups excluding carboxylic acids is 3. The summed E-state index contributed by atoms with van der Waals surface area (Å²) in [6.07, 6.45) is 0. The third-order valence-corrected chi connectivity index (χ3v) is 3.51. The lowest BCUT2D eigenvalue weighted by molar-refractivity contribution is -0.115. The lowest BCUT2D eigenvalue weighted by atomic mass is 10.2. The second-order valence-corrected chi connectivity index (χ2v) is 5.76. The number of hydrogen-bond donors (Lipinski definition) is 3. The summed E-state index contributed by atoms with van der Waals surface area (Å²) >= 11 is 1.16. The molecule has 3 N–H and O–H groups in total. The zero-order valence-corrected chi connectivity index (χ0v) is 13.7. The van der Waals surface area contributed by atoms with E-state index in [0.717, 1.165) is 16.9 Å². The fraction of sp³-hybridized carbons (Fsp3) is 0.200. The molecule has 8 heteroatoms. The van der Waals surface area contributed by atoms with Gasteiger partial charge in [0, 0.05) is 19.2 Å². The highest BCUT2D eigenvalue weighted by atomic mass is 32.1. The van der Waals surface area contributed by atoms with Crippen molar-refractivity contribution in [2.24, 2.45) is 0 Å². The molecule has 0 aliphatic rings. The molecular formula is C15H16N4O3S. The first-order chi connectivity index (χ1) is 10.8. The van der Waals surface area contributed by atoms with Crippen LogP contribution in [0.4, 0.5) is 16.5 Å². The predicted molar refractivity (Wildman–Crippen MR) is 89.9 cm³/mol. The third kappa shape index (κ3) is 4.62. The normalized spacial score (nSPS) is 10.0. The number of aromatic nitrogens is 1. The van der Waals surface area contributed by atoms with Gasteiger partial charge in [0.05, 0.1) is 11.4 Å². The molecule has 23 heavy (non-hydrogen) atoms. The first kappa shape index (κ1) is 16.6. The molecule has 1 aromatic heterocycles. The van der Waals surface area contributed by atoms with E-state index >= 15 is 0 Å². The Balaban J connectivity index is 2.19. The first-order valence-electron chi connectivity index (χ1n) is 6.78. The number of aryl methyl sites for hydroxylation is 1. The second kappa shape index (κ2) is 7.01. The zero-order chi connectivity index (χ0) is 17.0. The summed E-state index contributed by atoms with van der Waals surface area (Å²) in [7, 11) is 0. The number of thiazole rings is 1. The quantitative estimate of drug-likeness (QED) is 0.801. The maximum Gasteiger partial charge on any atom is 0.275 e. The van der Waals surface area contributed by atoms with E-state index < -0.39 is 5.91 Å². The van der Waals surface area contributed by atoms with Crippen molar-refractivity contribution in [2.45, 2.75) is 20.8 Å². The zero-order valence-electron chi connectivity index (χ0n) is 12.9. The van der Waals surface area contributed by atoms with Crippen molar-refractivity contribution < 1.29 is 14.4 Å². The molecule has 0 bridgehead atoms. The smallest absolute Gasteiger partial charge is 0.275 e. The Hall–Kier alpha value is -2.74. The molecule has 0 fully saturated rings. The van der Waals surface area contributed by atoms with E-state index in [-0.39, 0.29) is 17.5 Å². The number of rotatable bonds is 4. The van der Waals surface area contributed by atoms with E-state index in [9.17, 15) is 14.4 Å². The van der Waals surface area contributed by atoms with Crippen LogP contribution in [0, 0.1) is 6.92 Å². The van der Waals surface area contributed by atoms with Crippen molar-refractivity contribution in [1.82, 2.24) is 4.98 Å². The van der Waals surface area contributed by atoms with Crippen LogP contribution in [0.25, 0.3) is 0 Å². The van der Waals surface area contributed by atoms with E-state index in [1.807, 2.05) is 13.0 Å². The van der Waals surface area contributed by atoms with Crippen molar-refractivity contribution in [3.63, 3.8) is 0 Å². The van der Waals surface area contributed by atoms with Crippen LogP contribution in [-0.4, -0.2) is 22.7 Å². The lowest BCUT2D eigenvalue weighted by Gasteiger charge is -2.11. The van der Waals surface area contributed by atoms with Crippen molar-refractivity contribution in [2.75, 3.05) is 16.0 Å². The highest BCUT2D eigenvalue weighted by molar-refractivity contribution is 7.14. The Morgan fingerprint density at radius 3 is 2.35 bits per heavy atom. The van der Waals surface area contributed by atoms with Gasteiger partial charge in [0.15, 0.2) is 5.13 Å². The number of hydrogen-bond acceptors (Lipinski definition) is 5. The molecule has 0 saturated carbocycles.